The lowest BCUT2D eigenvalue weighted by atomic mass is 9.65. The second-order valence-electron chi connectivity index (χ2n) is 10.3. The molecule has 0 aromatic heterocycles. The molecule has 162 valence electrons. The van der Waals surface area contributed by atoms with Gasteiger partial charge < -0.3 is 10.6 Å². The third kappa shape index (κ3) is 5.53. The zero-order chi connectivity index (χ0) is 20.9. The minimum Gasteiger partial charge on any atom is -0.338 e. The Morgan fingerprint density at radius 3 is 2.31 bits per heavy atom. The molecule has 2 aliphatic rings. The van der Waals surface area contributed by atoms with Gasteiger partial charge in [-0.05, 0) is 68.4 Å². The molecular weight excluding hydrogens is 358 g/mol. The Hall–Kier alpha value is -1.55. The molecule has 4 nitrogen and oxygen atoms in total. The van der Waals surface area contributed by atoms with Crippen LogP contribution in [0.3, 0.4) is 0 Å². The van der Waals surface area contributed by atoms with Crippen molar-refractivity contribution in [2.45, 2.75) is 71.3 Å². The maximum Gasteiger partial charge on any atom is 0.314 e. The first-order valence-corrected chi connectivity index (χ1v) is 11.6. The van der Waals surface area contributed by atoms with E-state index in [4.69, 9.17) is 0 Å². The SMILES string of the molecule is CC(C)CN(C)C1(c2ccccc2)CCC(C)(CNC(=O)NCC2CCC2)CC1. The maximum atomic E-state index is 12.2. The van der Waals surface area contributed by atoms with Gasteiger partial charge in [-0.15, -0.1) is 0 Å². The van der Waals surface area contributed by atoms with Crippen molar-refractivity contribution in [2.24, 2.45) is 17.3 Å². The summed E-state index contributed by atoms with van der Waals surface area (Å²) in [6.07, 6.45) is 8.40. The normalized spacial score (nSPS) is 27.7. The van der Waals surface area contributed by atoms with E-state index in [9.17, 15) is 4.79 Å². The van der Waals surface area contributed by atoms with Gasteiger partial charge in [0.2, 0.25) is 0 Å². The molecular formula is C25H41N3O. The van der Waals surface area contributed by atoms with Crippen molar-refractivity contribution in [2.75, 3.05) is 26.7 Å². The van der Waals surface area contributed by atoms with Gasteiger partial charge in [0.1, 0.15) is 0 Å². The van der Waals surface area contributed by atoms with Crippen LogP contribution in [0.1, 0.15) is 71.3 Å². The lowest BCUT2D eigenvalue weighted by molar-refractivity contribution is 0.0198. The van der Waals surface area contributed by atoms with Gasteiger partial charge in [0, 0.05) is 25.2 Å². The van der Waals surface area contributed by atoms with E-state index in [1.165, 1.54) is 24.8 Å². The molecule has 3 rings (SSSR count). The highest BCUT2D eigenvalue weighted by molar-refractivity contribution is 5.73. The van der Waals surface area contributed by atoms with Crippen molar-refractivity contribution in [1.82, 2.24) is 15.5 Å². The standard InChI is InChI=1S/C25H41N3O/c1-20(2)18-28(4)25(22-11-6-5-7-12-22)15-13-24(3,14-16-25)19-27-23(29)26-17-21-9-8-10-21/h5-7,11-12,20-21H,8-10,13-19H2,1-4H3,(H2,26,27,29). The van der Waals surface area contributed by atoms with Gasteiger partial charge in [0.15, 0.2) is 0 Å². The third-order valence-corrected chi connectivity index (χ3v) is 7.42. The van der Waals surface area contributed by atoms with Crippen LogP contribution >= 0.6 is 0 Å². The maximum absolute atomic E-state index is 12.2. The molecule has 0 atom stereocenters. The van der Waals surface area contributed by atoms with Crippen LogP contribution in [0.4, 0.5) is 4.79 Å². The van der Waals surface area contributed by atoms with Crippen LogP contribution in [0, 0.1) is 17.3 Å². The molecule has 2 fully saturated rings. The largest absolute Gasteiger partial charge is 0.338 e. The van der Waals surface area contributed by atoms with E-state index >= 15 is 0 Å². The summed E-state index contributed by atoms with van der Waals surface area (Å²) in [7, 11) is 2.29. The molecule has 0 spiro atoms. The quantitative estimate of drug-likeness (QED) is 0.635. The van der Waals surface area contributed by atoms with Crippen molar-refractivity contribution in [3.8, 4) is 0 Å². The van der Waals surface area contributed by atoms with E-state index in [2.05, 4.69) is 73.7 Å². The Balaban J connectivity index is 1.59. The number of urea groups is 1. The van der Waals surface area contributed by atoms with Gasteiger partial charge in [0.25, 0.3) is 0 Å². The summed E-state index contributed by atoms with van der Waals surface area (Å²) in [4.78, 5) is 14.8. The summed E-state index contributed by atoms with van der Waals surface area (Å²) in [5.41, 5.74) is 1.72. The van der Waals surface area contributed by atoms with Crippen LogP contribution in [0.15, 0.2) is 30.3 Å². The summed E-state index contributed by atoms with van der Waals surface area (Å²) in [6.45, 7) is 9.65. The number of amides is 2. The summed E-state index contributed by atoms with van der Waals surface area (Å²) < 4.78 is 0. The van der Waals surface area contributed by atoms with Crippen LogP contribution in [-0.4, -0.2) is 37.6 Å². The average molecular weight is 400 g/mol. The van der Waals surface area contributed by atoms with Gasteiger partial charge in [-0.1, -0.05) is 57.5 Å². The highest BCUT2D eigenvalue weighted by atomic mass is 16.2. The Morgan fingerprint density at radius 2 is 1.76 bits per heavy atom. The lowest BCUT2D eigenvalue weighted by Crippen LogP contribution is -2.51. The zero-order valence-electron chi connectivity index (χ0n) is 19.0. The number of benzene rings is 1. The highest BCUT2D eigenvalue weighted by Crippen LogP contribution is 2.48. The smallest absolute Gasteiger partial charge is 0.314 e. The predicted octanol–water partition coefficient (Wildman–Crippen LogP) is 5.15. The fraction of sp³-hybridized carbons (Fsp3) is 0.720. The monoisotopic (exact) mass is 399 g/mol. The Kier molecular flexibility index (Phi) is 7.26. The van der Waals surface area contributed by atoms with Crippen LogP contribution in [0.2, 0.25) is 0 Å². The van der Waals surface area contributed by atoms with E-state index in [1.807, 2.05) is 0 Å². The van der Waals surface area contributed by atoms with Crippen molar-refractivity contribution in [1.29, 1.82) is 0 Å². The number of nitrogens with zero attached hydrogens (tertiary/aromatic N) is 1. The molecule has 0 radical (unpaired) electrons. The summed E-state index contributed by atoms with van der Waals surface area (Å²) in [5, 5.41) is 6.23. The van der Waals surface area contributed by atoms with Crippen molar-refractivity contribution in [3.05, 3.63) is 35.9 Å². The summed E-state index contributed by atoms with van der Waals surface area (Å²) in [5.74, 6) is 1.35. The minimum absolute atomic E-state index is 0.00921. The molecule has 0 heterocycles. The van der Waals surface area contributed by atoms with Gasteiger partial charge in [-0.2, -0.15) is 0 Å². The van der Waals surface area contributed by atoms with Crippen molar-refractivity contribution >= 4 is 6.03 Å². The fourth-order valence-corrected chi connectivity index (χ4v) is 5.10. The van der Waals surface area contributed by atoms with Gasteiger partial charge in [0.05, 0.1) is 0 Å². The Labute approximate surface area is 177 Å². The number of carbonyl (C=O) groups excluding carboxylic acids is 1. The molecule has 0 unspecified atom stereocenters. The molecule has 2 saturated carbocycles. The number of carbonyl (C=O) groups is 1. The van der Waals surface area contributed by atoms with Crippen LogP contribution < -0.4 is 10.6 Å². The Morgan fingerprint density at radius 1 is 1.10 bits per heavy atom. The van der Waals surface area contributed by atoms with E-state index in [-0.39, 0.29) is 17.0 Å². The first-order chi connectivity index (χ1) is 13.8. The van der Waals surface area contributed by atoms with Crippen molar-refractivity contribution < 1.29 is 4.79 Å². The number of hydrogen-bond donors (Lipinski definition) is 2. The van der Waals surface area contributed by atoms with E-state index < -0.39 is 0 Å². The second-order valence-corrected chi connectivity index (χ2v) is 10.3. The molecule has 2 N–H and O–H groups in total. The molecule has 29 heavy (non-hydrogen) atoms. The lowest BCUT2D eigenvalue weighted by Gasteiger charge is -2.50. The van der Waals surface area contributed by atoms with E-state index in [0.29, 0.717) is 11.8 Å². The first-order valence-electron chi connectivity index (χ1n) is 11.6. The topological polar surface area (TPSA) is 44.4 Å². The van der Waals surface area contributed by atoms with Crippen LogP contribution in [0.25, 0.3) is 0 Å². The van der Waals surface area contributed by atoms with Crippen LogP contribution in [-0.2, 0) is 5.54 Å². The highest BCUT2D eigenvalue weighted by Gasteiger charge is 2.44. The van der Waals surface area contributed by atoms with Gasteiger partial charge in [-0.3, -0.25) is 4.90 Å². The number of nitrogens with one attached hydrogen (secondary N) is 2. The third-order valence-electron chi connectivity index (χ3n) is 7.42. The second kappa shape index (κ2) is 9.51. The first kappa shape index (κ1) is 22.1. The fourth-order valence-electron chi connectivity index (χ4n) is 5.10. The summed E-state index contributed by atoms with van der Waals surface area (Å²) >= 11 is 0. The van der Waals surface area contributed by atoms with E-state index in [1.54, 1.807) is 0 Å². The molecule has 1 aromatic rings. The molecule has 2 aliphatic carbocycles. The molecule has 2 amide bonds. The summed E-state index contributed by atoms with van der Waals surface area (Å²) in [6, 6.07) is 11.1. The van der Waals surface area contributed by atoms with Crippen LogP contribution in [0.5, 0.6) is 0 Å². The molecule has 0 aliphatic heterocycles. The molecule has 4 heteroatoms. The van der Waals surface area contributed by atoms with Crippen molar-refractivity contribution in [3.63, 3.8) is 0 Å². The molecule has 0 saturated heterocycles. The predicted molar refractivity (Wildman–Crippen MR) is 121 cm³/mol. The molecule has 1 aromatic carbocycles. The minimum atomic E-state index is 0.00921. The number of hydrogen-bond acceptors (Lipinski definition) is 2. The average Bonchev–Trinajstić information content (AvgIpc) is 2.66. The zero-order valence-corrected chi connectivity index (χ0v) is 19.0. The van der Waals surface area contributed by atoms with Gasteiger partial charge in [-0.25, -0.2) is 4.79 Å². The van der Waals surface area contributed by atoms with E-state index in [0.717, 1.165) is 45.3 Å². The van der Waals surface area contributed by atoms with Gasteiger partial charge >= 0.3 is 6.03 Å². The number of rotatable bonds is 8. The molecule has 0 bridgehead atoms. The Bertz CT molecular complexity index is 645.